The standard InChI is InChI=1S/C24H22ClN3O5S/c25-17-4-6-18(7-5-17)31-12-15-2-1-3-19(10-15)32-13-16-14-34-22-20(11-28-23(26)21(16)22)33-24(30)27-8-9-29/h1-7,10-11,14,29H,8-9,12-13H2,(H2,26,28)(H,27,30). The number of amides is 1. The van der Waals surface area contributed by atoms with Gasteiger partial charge in [0, 0.05) is 22.5 Å². The third kappa shape index (κ3) is 5.88. The third-order valence-electron chi connectivity index (χ3n) is 4.76. The quantitative estimate of drug-likeness (QED) is 0.303. The second kappa shape index (κ2) is 11.1. The Labute approximate surface area is 204 Å². The Hall–Kier alpha value is -3.53. The average molecular weight is 500 g/mol. The largest absolute Gasteiger partial charge is 0.489 e. The number of aliphatic hydroxyl groups is 1. The van der Waals surface area contributed by atoms with Crippen LogP contribution in [0.5, 0.6) is 17.2 Å². The molecule has 2 heterocycles. The number of pyridine rings is 1. The minimum absolute atomic E-state index is 0.0950. The molecule has 0 bridgehead atoms. The van der Waals surface area contributed by atoms with E-state index in [-0.39, 0.29) is 25.5 Å². The molecule has 0 atom stereocenters. The van der Waals surface area contributed by atoms with E-state index < -0.39 is 6.09 Å². The summed E-state index contributed by atoms with van der Waals surface area (Å²) in [6, 6.07) is 14.8. The Morgan fingerprint density at radius 3 is 2.71 bits per heavy atom. The van der Waals surface area contributed by atoms with E-state index >= 15 is 0 Å². The SMILES string of the molecule is Nc1ncc(OC(=O)NCCO)c2scc(COc3cccc(COc4ccc(Cl)cc4)c3)c12. The normalized spacial score (nSPS) is 10.8. The molecule has 0 unspecified atom stereocenters. The van der Waals surface area contributed by atoms with Gasteiger partial charge in [-0.3, -0.25) is 0 Å². The topological polar surface area (TPSA) is 116 Å². The van der Waals surface area contributed by atoms with Gasteiger partial charge in [-0.05, 0) is 47.3 Å². The van der Waals surface area contributed by atoms with Gasteiger partial charge in [0.15, 0.2) is 5.75 Å². The van der Waals surface area contributed by atoms with Crippen LogP contribution in [0.25, 0.3) is 10.1 Å². The summed E-state index contributed by atoms with van der Waals surface area (Å²) in [7, 11) is 0. The van der Waals surface area contributed by atoms with Crippen molar-refractivity contribution in [1.29, 1.82) is 0 Å². The predicted molar refractivity (Wildman–Crippen MR) is 132 cm³/mol. The molecule has 2 aromatic carbocycles. The Morgan fingerprint density at radius 2 is 1.91 bits per heavy atom. The summed E-state index contributed by atoms with van der Waals surface area (Å²) < 4.78 is 17.8. The van der Waals surface area contributed by atoms with Gasteiger partial charge in [0.1, 0.15) is 30.5 Å². The molecule has 1 amide bonds. The number of benzene rings is 2. The Kier molecular flexibility index (Phi) is 7.69. The highest BCUT2D eigenvalue weighted by atomic mass is 35.5. The van der Waals surface area contributed by atoms with Gasteiger partial charge in [0.25, 0.3) is 0 Å². The molecule has 10 heteroatoms. The van der Waals surface area contributed by atoms with E-state index in [1.165, 1.54) is 17.5 Å². The van der Waals surface area contributed by atoms with Gasteiger partial charge in [-0.1, -0.05) is 23.7 Å². The molecule has 8 nitrogen and oxygen atoms in total. The Morgan fingerprint density at radius 1 is 1.12 bits per heavy atom. The van der Waals surface area contributed by atoms with E-state index in [9.17, 15) is 4.79 Å². The maximum absolute atomic E-state index is 11.9. The molecule has 4 aromatic rings. The lowest BCUT2D eigenvalue weighted by Gasteiger charge is -2.10. The lowest BCUT2D eigenvalue weighted by Crippen LogP contribution is -2.29. The Balaban J connectivity index is 1.43. The summed E-state index contributed by atoms with van der Waals surface area (Å²) in [4.78, 5) is 16.0. The molecule has 2 aromatic heterocycles. The summed E-state index contributed by atoms with van der Waals surface area (Å²) in [6.45, 7) is 0.556. The molecule has 176 valence electrons. The zero-order valence-electron chi connectivity index (χ0n) is 18.0. The molecule has 0 saturated heterocycles. The van der Waals surface area contributed by atoms with Crippen molar-refractivity contribution < 1.29 is 24.1 Å². The van der Waals surface area contributed by atoms with Crippen molar-refractivity contribution in [1.82, 2.24) is 10.3 Å². The molecule has 0 aliphatic rings. The van der Waals surface area contributed by atoms with E-state index in [1.54, 1.807) is 12.1 Å². The maximum Gasteiger partial charge on any atom is 0.412 e. The highest BCUT2D eigenvalue weighted by molar-refractivity contribution is 7.17. The van der Waals surface area contributed by atoms with Gasteiger partial charge in [0.2, 0.25) is 0 Å². The van der Waals surface area contributed by atoms with Crippen molar-refractivity contribution in [3.63, 3.8) is 0 Å². The van der Waals surface area contributed by atoms with Gasteiger partial charge in [-0.15, -0.1) is 11.3 Å². The number of carbonyl (C=O) groups excluding carboxylic acids is 1. The van der Waals surface area contributed by atoms with E-state index in [0.29, 0.717) is 33.3 Å². The number of nitrogens with one attached hydrogen (secondary N) is 1. The number of halogens is 1. The van der Waals surface area contributed by atoms with E-state index in [1.807, 2.05) is 41.8 Å². The number of rotatable bonds is 9. The highest BCUT2D eigenvalue weighted by Crippen LogP contribution is 2.37. The van der Waals surface area contributed by atoms with Crippen LogP contribution >= 0.6 is 22.9 Å². The van der Waals surface area contributed by atoms with Crippen LogP contribution in [0.2, 0.25) is 5.02 Å². The first-order valence-electron chi connectivity index (χ1n) is 10.3. The van der Waals surface area contributed by atoms with Crippen LogP contribution < -0.4 is 25.3 Å². The first kappa shape index (κ1) is 23.6. The van der Waals surface area contributed by atoms with Crippen LogP contribution in [0, 0.1) is 0 Å². The van der Waals surface area contributed by atoms with E-state index in [4.69, 9.17) is 36.7 Å². The number of anilines is 1. The van der Waals surface area contributed by atoms with Crippen LogP contribution in [-0.4, -0.2) is 29.3 Å². The van der Waals surface area contributed by atoms with Crippen molar-refractivity contribution in [3.8, 4) is 17.2 Å². The number of hydrogen-bond acceptors (Lipinski definition) is 8. The van der Waals surface area contributed by atoms with Gasteiger partial charge in [0.05, 0.1) is 17.5 Å². The second-order valence-electron chi connectivity index (χ2n) is 7.19. The molecule has 0 saturated carbocycles. The monoisotopic (exact) mass is 499 g/mol. The number of aliphatic hydroxyl groups excluding tert-OH is 1. The average Bonchev–Trinajstić information content (AvgIpc) is 3.28. The molecule has 4 rings (SSSR count). The fourth-order valence-corrected chi connectivity index (χ4v) is 4.30. The summed E-state index contributed by atoms with van der Waals surface area (Å²) in [6.07, 6.45) is 0.729. The number of nitrogen functional groups attached to an aromatic ring is 1. The number of carbonyl (C=O) groups is 1. The van der Waals surface area contributed by atoms with Crippen LogP contribution in [0.3, 0.4) is 0 Å². The molecular formula is C24H22ClN3O5S. The molecule has 0 spiro atoms. The molecule has 4 N–H and O–H groups in total. The Bertz CT molecular complexity index is 1280. The lowest BCUT2D eigenvalue weighted by atomic mass is 10.2. The molecule has 0 fully saturated rings. The van der Waals surface area contributed by atoms with Crippen molar-refractivity contribution >= 4 is 44.9 Å². The van der Waals surface area contributed by atoms with E-state index in [2.05, 4.69) is 10.3 Å². The lowest BCUT2D eigenvalue weighted by molar-refractivity contribution is 0.196. The molecule has 0 aliphatic heterocycles. The van der Waals surface area contributed by atoms with Gasteiger partial charge in [-0.25, -0.2) is 9.78 Å². The molecular weight excluding hydrogens is 478 g/mol. The number of aromatic nitrogens is 1. The van der Waals surface area contributed by atoms with Crippen LogP contribution in [0.1, 0.15) is 11.1 Å². The van der Waals surface area contributed by atoms with Gasteiger partial charge in [-0.2, -0.15) is 0 Å². The van der Waals surface area contributed by atoms with Crippen LogP contribution in [0.4, 0.5) is 10.6 Å². The molecule has 0 radical (unpaired) electrons. The highest BCUT2D eigenvalue weighted by Gasteiger charge is 2.16. The zero-order chi connectivity index (χ0) is 23.9. The fourth-order valence-electron chi connectivity index (χ4n) is 3.16. The van der Waals surface area contributed by atoms with Gasteiger partial charge >= 0.3 is 6.09 Å². The number of thiophene rings is 1. The minimum atomic E-state index is -0.675. The zero-order valence-corrected chi connectivity index (χ0v) is 19.6. The van der Waals surface area contributed by atoms with Crippen LogP contribution in [-0.2, 0) is 13.2 Å². The summed E-state index contributed by atoms with van der Waals surface area (Å²) in [5.41, 5.74) is 7.88. The molecule has 34 heavy (non-hydrogen) atoms. The van der Waals surface area contributed by atoms with E-state index in [0.717, 1.165) is 16.9 Å². The minimum Gasteiger partial charge on any atom is -0.489 e. The van der Waals surface area contributed by atoms with Gasteiger partial charge < -0.3 is 30.4 Å². The third-order valence-corrected chi connectivity index (χ3v) is 6.06. The number of nitrogens with zero attached hydrogens (tertiary/aromatic N) is 1. The number of hydrogen-bond donors (Lipinski definition) is 3. The maximum atomic E-state index is 11.9. The van der Waals surface area contributed by atoms with Crippen molar-refractivity contribution in [2.45, 2.75) is 13.2 Å². The van der Waals surface area contributed by atoms with Crippen molar-refractivity contribution in [2.24, 2.45) is 0 Å². The first-order chi connectivity index (χ1) is 16.5. The fraction of sp³-hybridized carbons (Fsp3) is 0.167. The number of fused-ring (bicyclic) bond motifs is 1. The first-order valence-corrected chi connectivity index (χ1v) is 11.6. The number of ether oxygens (including phenoxy) is 3. The second-order valence-corrected chi connectivity index (χ2v) is 8.51. The summed E-state index contributed by atoms with van der Waals surface area (Å²) in [5.74, 6) is 2.02. The smallest absolute Gasteiger partial charge is 0.412 e. The number of nitrogens with two attached hydrogens (primary N) is 1. The van der Waals surface area contributed by atoms with Crippen molar-refractivity contribution in [3.05, 3.63) is 76.3 Å². The van der Waals surface area contributed by atoms with Crippen LogP contribution in [0.15, 0.2) is 60.1 Å². The van der Waals surface area contributed by atoms with Crippen molar-refractivity contribution in [2.75, 3.05) is 18.9 Å². The summed E-state index contributed by atoms with van der Waals surface area (Å²) >= 11 is 7.29. The summed E-state index contributed by atoms with van der Waals surface area (Å²) in [5, 5.41) is 14.5. The molecule has 0 aliphatic carbocycles. The predicted octanol–water partition coefficient (Wildman–Crippen LogP) is 4.77.